The van der Waals surface area contributed by atoms with E-state index in [-0.39, 0.29) is 11.7 Å². The first-order valence-electron chi connectivity index (χ1n) is 4.71. The lowest BCUT2D eigenvalue weighted by Gasteiger charge is -2.07. The van der Waals surface area contributed by atoms with E-state index in [4.69, 9.17) is 10.2 Å². The van der Waals surface area contributed by atoms with E-state index in [9.17, 15) is 4.79 Å². The van der Waals surface area contributed by atoms with E-state index in [0.717, 1.165) is 0 Å². The Morgan fingerprint density at radius 3 is 3.00 bits per heavy atom. The number of nitrogens with zero attached hydrogens (tertiary/aromatic N) is 1. The lowest BCUT2D eigenvalue weighted by molar-refractivity contribution is 0.0696. The molecule has 1 aromatic heterocycles. The zero-order chi connectivity index (χ0) is 11.3. The molecule has 0 bridgehead atoms. The fraction of sp³-hybridized carbons (Fsp3) is 0.400. The van der Waals surface area contributed by atoms with Crippen molar-refractivity contribution >= 4 is 11.8 Å². The number of rotatable bonds is 5. The standard InChI is InChI=1S/C10H14N2O3/c1-7(13)2-4-11-9-6-8(10(14)15)3-5-12-9/h3,5-7,13H,2,4H2,1H3,(H,11,12)(H,14,15)/t7-/m1/s1. The van der Waals surface area contributed by atoms with Gasteiger partial charge in [0.2, 0.25) is 0 Å². The van der Waals surface area contributed by atoms with Gasteiger partial charge in [-0.25, -0.2) is 9.78 Å². The first kappa shape index (κ1) is 11.5. The van der Waals surface area contributed by atoms with Gasteiger partial charge in [0.15, 0.2) is 0 Å². The second-order valence-electron chi connectivity index (χ2n) is 3.30. The highest BCUT2D eigenvalue weighted by Gasteiger charge is 2.03. The van der Waals surface area contributed by atoms with Crippen LogP contribution in [0.1, 0.15) is 23.7 Å². The van der Waals surface area contributed by atoms with Gasteiger partial charge in [-0.05, 0) is 25.5 Å². The van der Waals surface area contributed by atoms with Crippen LogP contribution in [0, 0.1) is 0 Å². The van der Waals surface area contributed by atoms with Crippen LogP contribution in [0.2, 0.25) is 0 Å². The summed E-state index contributed by atoms with van der Waals surface area (Å²) in [6.07, 6.45) is 1.66. The van der Waals surface area contributed by atoms with Gasteiger partial charge in [-0.15, -0.1) is 0 Å². The number of carbonyl (C=O) groups is 1. The van der Waals surface area contributed by atoms with Crippen LogP contribution in [0.4, 0.5) is 5.82 Å². The predicted octanol–water partition coefficient (Wildman–Crippen LogP) is 0.963. The fourth-order valence-corrected chi connectivity index (χ4v) is 1.07. The average molecular weight is 210 g/mol. The molecule has 1 heterocycles. The number of carboxylic acids is 1. The summed E-state index contributed by atoms with van der Waals surface area (Å²) in [5, 5.41) is 20.7. The maximum absolute atomic E-state index is 10.6. The number of pyridine rings is 1. The molecule has 0 aliphatic rings. The molecule has 0 aromatic carbocycles. The molecule has 1 aromatic rings. The molecule has 0 fully saturated rings. The van der Waals surface area contributed by atoms with Gasteiger partial charge >= 0.3 is 5.97 Å². The van der Waals surface area contributed by atoms with Crippen LogP contribution in [-0.2, 0) is 0 Å². The third-order valence-electron chi connectivity index (χ3n) is 1.88. The van der Waals surface area contributed by atoms with Gasteiger partial charge in [0.1, 0.15) is 5.82 Å². The second-order valence-corrected chi connectivity index (χ2v) is 3.30. The van der Waals surface area contributed by atoms with Crippen molar-refractivity contribution < 1.29 is 15.0 Å². The van der Waals surface area contributed by atoms with Crippen molar-refractivity contribution in [3.63, 3.8) is 0 Å². The van der Waals surface area contributed by atoms with E-state index < -0.39 is 5.97 Å². The molecule has 0 aliphatic carbocycles. The van der Waals surface area contributed by atoms with Crippen molar-refractivity contribution in [1.82, 2.24) is 4.98 Å². The van der Waals surface area contributed by atoms with Crippen LogP contribution in [0.25, 0.3) is 0 Å². The minimum absolute atomic E-state index is 0.199. The summed E-state index contributed by atoms with van der Waals surface area (Å²) in [6.45, 7) is 2.26. The van der Waals surface area contributed by atoms with Gasteiger partial charge in [0, 0.05) is 12.7 Å². The van der Waals surface area contributed by atoms with Crippen LogP contribution in [0.15, 0.2) is 18.3 Å². The Morgan fingerprint density at radius 1 is 1.67 bits per heavy atom. The highest BCUT2D eigenvalue weighted by atomic mass is 16.4. The van der Waals surface area contributed by atoms with Crippen LogP contribution in [-0.4, -0.2) is 33.8 Å². The molecule has 0 amide bonds. The maximum Gasteiger partial charge on any atom is 0.335 e. The monoisotopic (exact) mass is 210 g/mol. The van der Waals surface area contributed by atoms with Crippen molar-refractivity contribution in [2.75, 3.05) is 11.9 Å². The van der Waals surface area contributed by atoms with Crippen LogP contribution in [0.3, 0.4) is 0 Å². The third-order valence-corrected chi connectivity index (χ3v) is 1.88. The lowest BCUT2D eigenvalue weighted by Crippen LogP contribution is -2.11. The summed E-state index contributed by atoms with van der Waals surface area (Å²) in [6, 6.07) is 2.90. The van der Waals surface area contributed by atoms with Crippen LogP contribution < -0.4 is 5.32 Å². The van der Waals surface area contributed by atoms with E-state index in [1.54, 1.807) is 6.92 Å². The second kappa shape index (κ2) is 5.31. The molecule has 82 valence electrons. The highest BCUT2D eigenvalue weighted by molar-refractivity contribution is 5.88. The fourth-order valence-electron chi connectivity index (χ4n) is 1.07. The molecule has 3 N–H and O–H groups in total. The number of hydrogen-bond acceptors (Lipinski definition) is 4. The average Bonchev–Trinajstić information content (AvgIpc) is 2.17. The molecule has 0 unspecified atom stereocenters. The third kappa shape index (κ3) is 3.95. The van der Waals surface area contributed by atoms with Gasteiger partial charge in [0.25, 0.3) is 0 Å². The molecule has 1 rings (SSSR count). The van der Waals surface area contributed by atoms with Gasteiger partial charge in [-0.3, -0.25) is 0 Å². The number of aliphatic hydroxyl groups is 1. The Labute approximate surface area is 87.8 Å². The summed E-state index contributed by atoms with van der Waals surface area (Å²) in [7, 11) is 0. The number of aromatic carboxylic acids is 1. The van der Waals surface area contributed by atoms with Crippen molar-refractivity contribution in [3.8, 4) is 0 Å². The van der Waals surface area contributed by atoms with Crippen LogP contribution in [0.5, 0.6) is 0 Å². The number of hydrogen-bond donors (Lipinski definition) is 3. The molecule has 15 heavy (non-hydrogen) atoms. The number of anilines is 1. The Morgan fingerprint density at radius 2 is 2.40 bits per heavy atom. The molecular weight excluding hydrogens is 196 g/mol. The van der Waals surface area contributed by atoms with Gasteiger partial charge in [-0.1, -0.05) is 0 Å². The van der Waals surface area contributed by atoms with Crippen molar-refractivity contribution in [2.45, 2.75) is 19.4 Å². The van der Waals surface area contributed by atoms with Gasteiger partial charge < -0.3 is 15.5 Å². The molecule has 5 heteroatoms. The van der Waals surface area contributed by atoms with E-state index in [2.05, 4.69) is 10.3 Å². The number of nitrogens with one attached hydrogen (secondary N) is 1. The van der Waals surface area contributed by atoms with Crippen molar-refractivity contribution in [3.05, 3.63) is 23.9 Å². The summed E-state index contributed by atoms with van der Waals surface area (Å²) >= 11 is 0. The first-order valence-corrected chi connectivity index (χ1v) is 4.71. The van der Waals surface area contributed by atoms with Gasteiger partial charge in [0.05, 0.1) is 11.7 Å². The molecule has 0 aliphatic heterocycles. The summed E-state index contributed by atoms with van der Waals surface area (Å²) < 4.78 is 0. The zero-order valence-corrected chi connectivity index (χ0v) is 8.47. The Balaban J connectivity index is 2.54. The highest BCUT2D eigenvalue weighted by Crippen LogP contribution is 2.06. The minimum atomic E-state index is -0.976. The smallest absolute Gasteiger partial charge is 0.335 e. The van der Waals surface area contributed by atoms with E-state index in [0.29, 0.717) is 18.8 Å². The number of carboxylic acid groups (broad SMARTS) is 1. The quantitative estimate of drug-likeness (QED) is 0.674. The Kier molecular flexibility index (Phi) is 4.05. The van der Waals surface area contributed by atoms with E-state index in [1.165, 1.54) is 18.3 Å². The maximum atomic E-state index is 10.6. The normalized spacial score (nSPS) is 12.1. The summed E-state index contributed by atoms with van der Waals surface area (Å²) in [4.78, 5) is 14.6. The van der Waals surface area contributed by atoms with Crippen molar-refractivity contribution in [1.29, 1.82) is 0 Å². The summed E-state index contributed by atoms with van der Waals surface area (Å²) in [5.74, 6) is -0.466. The van der Waals surface area contributed by atoms with Crippen LogP contribution >= 0.6 is 0 Å². The van der Waals surface area contributed by atoms with Crippen molar-refractivity contribution in [2.24, 2.45) is 0 Å². The lowest BCUT2D eigenvalue weighted by atomic mass is 10.2. The van der Waals surface area contributed by atoms with Gasteiger partial charge in [-0.2, -0.15) is 0 Å². The Hall–Kier alpha value is -1.62. The minimum Gasteiger partial charge on any atom is -0.478 e. The molecular formula is C10H14N2O3. The summed E-state index contributed by atoms with van der Waals surface area (Å²) in [5.41, 5.74) is 0.199. The Bertz CT molecular complexity index is 339. The largest absolute Gasteiger partial charge is 0.478 e. The molecule has 0 saturated heterocycles. The SMILES string of the molecule is C[C@@H](O)CCNc1cc(C(=O)O)ccn1. The first-order chi connectivity index (χ1) is 7.09. The number of aromatic nitrogens is 1. The predicted molar refractivity (Wildman–Crippen MR) is 56.0 cm³/mol. The molecule has 1 atom stereocenters. The number of aliphatic hydroxyl groups excluding tert-OH is 1. The molecule has 0 spiro atoms. The zero-order valence-electron chi connectivity index (χ0n) is 8.47. The molecule has 0 radical (unpaired) electrons. The molecule has 0 saturated carbocycles. The molecule has 5 nitrogen and oxygen atoms in total. The van der Waals surface area contributed by atoms with E-state index in [1.807, 2.05) is 0 Å². The topological polar surface area (TPSA) is 82.5 Å². The van der Waals surface area contributed by atoms with E-state index >= 15 is 0 Å².